The highest BCUT2D eigenvalue weighted by Crippen LogP contribution is 2.80. The highest BCUT2D eigenvalue weighted by Gasteiger charge is 2.77. The van der Waals surface area contributed by atoms with Gasteiger partial charge in [-0.3, -0.25) is 0 Å². The summed E-state index contributed by atoms with van der Waals surface area (Å²) >= 11 is 0. The fourth-order valence-corrected chi connectivity index (χ4v) is 4.46. The van der Waals surface area contributed by atoms with Gasteiger partial charge in [0.15, 0.2) is 0 Å². The van der Waals surface area contributed by atoms with Gasteiger partial charge < -0.3 is 4.74 Å². The third-order valence-corrected chi connectivity index (χ3v) is 5.02. The van der Waals surface area contributed by atoms with Gasteiger partial charge in [0.2, 0.25) is 0 Å². The van der Waals surface area contributed by atoms with Crippen molar-refractivity contribution in [3.63, 3.8) is 0 Å². The SMILES string of the molecule is CCC12CC3CC1C2C3OCC(C)C. The molecule has 1 nitrogen and oxygen atoms in total. The number of hydrogen-bond acceptors (Lipinski definition) is 1. The molecule has 4 bridgehead atoms. The van der Waals surface area contributed by atoms with Gasteiger partial charge in [-0.1, -0.05) is 20.8 Å². The van der Waals surface area contributed by atoms with E-state index < -0.39 is 0 Å². The van der Waals surface area contributed by atoms with Crippen LogP contribution >= 0.6 is 0 Å². The van der Waals surface area contributed by atoms with E-state index in [1.165, 1.54) is 19.3 Å². The lowest BCUT2D eigenvalue weighted by molar-refractivity contribution is 0.0118. The fraction of sp³-hybridized carbons (Fsp3) is 1.00. The van der Waals surface area contributed by atoms with Crippen LogP contribution in [0.3, 0.4) is 0 Å². The van der Waals surface area contributed by atoms with Crippen molar-refractivity contribution in [2.45, 2.75) is 46.1 Å². The average molecular weight is 194 g/mol. The van der Waals surface area contributed by atoms with Gasteiger partial charge in [0.05, 0.1) is 6.10 Å². The van der Waals surface area contributed by atoms with E-state index in [0.717, 1.165) is 29.8 Å². The van der Waals surface area contributed by atoms with Crippen molar-refractivity contribution >= 4 is 0 Å². The van der Waals surface area contributed by atoms with E-state index in [-0.39, 0.29) is 0 Å². The summed E-state index contributed by atoms with van der Waals surface area (Å²) < 4.78 is 6.10. The van der Waals surface area contributed by atoms with Crippen LogP contribution in [0.5, 0.6) is 0 Å². The second-order valence-electron chi connectivity index (χ2n) is 6.11. The molecule has 5 atom stereocenters. The normalized spacial score (nSPS) is 53.1. The zero-order valence-electron chi connectivity index (χ0n) is 9.62. The van der Waals surface area contributed by atoms with Crippen LogP contribution < -0.4 is 0 Å². The van der Waals surface area contributed by atoms with Crippen molar-refractivity contribution in [1.82, 2.24) is 0 Å². The van der Waals surface area contributed by atoms with Crippen LogP contribution in [0.2, 0.25) is 0 Å². The Labute approximate surface area is 87.2 Å². The Morgan fingerprint density at radius 3 is 2.71 bits per heavy atom. The minimum atomic E-state index is 0.655. The molecule has 4 rings (SSSR count). The summed E-state index contributed by atoms with van der Waals surface area (Å²) in [6, 6.07) is 0. The van der Waals surface area contributed by atoms with Gasteiger partial charge in [-0.2, -0.15) is 0 Å². The van der Waals surface area contributed by atoms with E-state index in [4.69, 9.17) is 4.74 Å². The predicted molar refractivity (Wildman–Crippen MR) is 57.0 cm³/mol. The lowest BCUT2D eigenvalue weighted by Gasteiger charge is -2.17. The van der Waals surface area contributed by atoms with Crippen LogP contribution in [-0.4, -0.2) is 12.7 Å². The maximum atomic E-state index is 6.10. The van der Waals surface area contributed by atoms with Crippen LogP contribution in [0.1, 0.15) is 40.0 Å². The summed E-state index contributed by atoms with van der Waals surface area (Å²) in [5, 5.41) is 0. The molecule has 5 unspecified atom stereocenters. The second kappa shape index (κ2) is 2.75. The molecule has 0 radical (unpaired) electrons. The largest absolute Gasteiger partial charge is 0.377 e. The number of rotatable bonds is 4. The van der Waals surface area contributed by atoms with E-state index in [9.17, 15) is 0 Å². The summed E-state index contributed by atoms with van der Waals surface area (Å²) in [7, 11) is 0. The minimum Gasteiger partial charge on any atom is -0.377 e. The first-order valence-electron chi connectivity index (χ1n) is 6.30. The molecular formula is C13H22O. The molecule has 0 N–H and O–H groups in total. The zero-order valence-corrected chi connectivity index (χ0v) is 9.62. The Hall–Kier alpha value is -0.0400. The van der Waals surface area contributed by atoms with Crippen LogP contribution in [0.25, 0.3) is 0 Å². The topological polar surface area (TPSA) is 9.23 Å². The lowest BCUT2D eigenvalue weighted by Crippen LogP contribution is -2.19. The van der Waals surface area contributed by atoms with Crippen molar-refractivity contribution < 1.29 is 4.74 Å². The van der Waals surface area contributed by atoms with E-state index in [0.29, 0.717) is 12.0 Å². The van der Waals surface area contributed by atoms with E-state index in [1.807, 2.05) is 0 Å². The van der Waals surface area contributed by atoms with Crippen molar-refractivity contribution in [3.05, 3.63) is 0 Å². The van der Waals surface area contributed by atoms with Crippen LogP contribution in [0, 0.1) is 29.1 Å². The number of hydrogen-bond donors (Lipinski definition) is 0. The molecule has 14 heavy (non-hydrogen) atoms. The van der Waals surface area contributed by atoms with Gasteiger partial charge in [0.25, 0.3) is 0 Å². The quantitative estimate of drug-likeness (QED) is 0.668. The van der Waals surface area contributed by atoms with E-state index >= 15 is 0 Å². The molecule has 0 amide bonds. The maximum Gasteiger partial charge on any atom is 0.0640 e. The standard InChI is InChI=1S/C13H22O/c1-4-13-6-9-5-10(13)11(13)12(9)14-7-8(2)3/h8-12H,4-7H2,1-3H3. The van der Waals surface area contributed by atoms with Gasteiger partial charge in [-0.25, -0.2) is 0 Å². The van der Waals surface area contributed by atoms with Crippen molar-refractivity contribution in [2.24, 2.45) is 29.1 Å². The average Bonchev–Trinajstić information content (AvgIpc) is 2.59. The monoisotopic (exact) mass is 194 g/mol. The molecule has 4 saturated carbocycles. The molecule has 4 aliphatic rings. The molecule has 0 aromatic rings. The van der Waals surface area contributed by atoms with E-state index in [2.05, 4.69) is 20.8 Å². The molecule has 0 spiro atoms. The third kappa shape index (κ3) is 0.946. The molecule has 80 valence electrons. The third-order valence-electron chi connectivity index (χ3n) is 5.02. The molecule has 4 fully saturated rings. The second-order valence-corrected chi connectivity index (χ2v) is 6.11. The summed E-state index contributed by atoms with van der Waals surface area (Å²) in [5.74, 6) is 3.66. The first kappa shape index (κ1) is 9.21. The predicted octanol–water partition coefficient (Wildman–Crippen LogP) is 3.09. The molecule has 0 aliphatic heterocycles. The highest BCUT2D eigenvalue weighted by atomic mass is 16.5. The molecule has 0 saturated heterocycles. The van der Waals surface area contributed by atoms with Crippen LogP contribution in [0.15, 0.2) is 0 Å². The number of ether oxygens (including phenoxy) is 1. The summed E-state index contributed by atoms with van der Waals surface area (Å²) in [4.78, 5) is 0. The zero-order chi connectivity index (χ0) is 9.92. The Morgan fingerprint density at radius 1 is 1.43 bits per heavy atom. The lowest BCUT2D eigenvalue weighted by atomic mass is 10.0. The first-order chi connectivity index (χ1) is 6.69. The van der Waals surface area contributed by atoms with Crippen LogP contribution in [0.4, 0.5) is 0 Å². The van der Waals surface area contributed by atoms with Crippen molar-refractivity contribution in [1.29, 1.82) is 0 Å². The van der Waals surface area contributed by atoms with Gasteiger partial charge >= 0.3 is 0 Å². The highest BCUT2D eigenvalue weighted by molar-refractivity contribution is 5.26. The van der Waals surface area contributed by atoms with Crippen molar-refractivity contribution in [2.75, 3.05) is 6.61 Å². The Bertz CT molecular complexity index is 248. The Kier molecular flexibility index (Phi) is 1.81. The maximum absolute atomic E-state index is 6.10. The smallest absolute Gasteiger partial charge is 0.0640 e. The Morgan fingerprint density at radius 2 is 2.21 bits per heavy atom. The molecule has 0 heterocycles. The Balaban J connectivity index is 1.64. The molecule has 4 aliphatic carbocycles. The van der Waals surface area contributed by atoms with Gasteiger partial charge in [-0.05, 0) is 48.3 Å². The molecule has 0 aromatic carbocycles. The van der Waals surface area contributed by atoms with Crippen molar-refractivity contribution in [3.8, 4) is 0 Å². The van der Waals surface area contributed by atoms with Gasteiger partial charge in [0.1, 0.15) is 0 Å². The van der Waals surface area contributed by atoms with Gasteiger partial charge in [-0.15, -0.1) is 0 Å². The van der Waals surface area contributed by atoms with Gasteiger partial charge in [0, 0.05) is 6.61 Å². The summed E-state index contributed by atoms with van der Waals surface area (Å²) in [6.45, 7) is 7.85. The molecule has 0 aromatic heterocycles. The van der Waals surface area contributed by atoms with E-state index in [1.54, 1.807) is 0 Å². The van der Waals surface area contributed by atoms with Crippen LogP contribution in [-0.2, 0) is 4.74 Å². The molecule has 1 heteroatoms. The minimum absolute atomic E-state index is 0.655. The first-order valence-corrected chi connectivity index (χ1v) is 6.30. The fourth-order valence-electron chi connectivity index (χ4n) is 4.46. The summed E-state index contributed by atoms with van der Waals surface area (Å²) in [6.07, 6.45) is 5.03. The molecular weight excluding hydrogens is 172 g/mol. The summed E-state index contributed by atoms with van der Waals surface area (Å²) in [5.41, 5.74) is 0.770.